The van der Waals surface area contributed by atoms with Gasteiger partial charge in [0.25, 0.3) is 0 Å². The largest absolute Gasteiger partial charge is 1.00 e. The third-order valence-electron chi connectivity index (χ3n) is 2.43. The summed E-state index contributed by atoms with van der Waals surface area (Å²) in [6.45, 7) is 0. The summed E-state index contributed by atoms with van der Waals surface area (Å²) >= 11 is 0. The fourth-order valence-electron chi connectivity index (χ4n) is 1.79. The molecule has 1 aliphatic rings. The maximum absolute atomic E-state index is 2.26. The van der Waals surface area contributed by atoms with Crippen molar-refractivity contribution in [1.82, 2.24) is 0 Å². The van der Waals surface area contributed by atoms with Crippen LogP contribution in [0.25, 0.3) is 0 Å². The highest BCUT2D eigenvalue weighted by Gasteiger charge is 2.11. The molecule has 0 saturated heterocycles. The minimum Gasteiger partial charge on any atom is -1.00 e. The van der Waals surface area contributed by atoms with E-state index in [-0.39, 0.29) is 17.0 Å². The quantitative estimate of drug-likeness (QED) is 0.471. The number of hydrogen-bond acceptors (Lipinski definition) is 0. The molecule has 12 heavy (non-hydrogen) atoms. The van der Waals surface area contributed by atoms with E-state index in [0.29, 0.717) is 0 Å². The smallest absolute Gasteiger partial charge is 0.171 e. The Balaban J connectivity index is 0.000000720. The van der Waals surface area contributed by atoms with Gasteiger partial charge < -0.3 is 17.0 Å². The molecule has 0 spiro atoms. The SMILES string of the molecule is C[n+]1ccc2c(c1)CCCC2.[Br-]. The predicted octanol–water partition coefficient (Wildman–Crippen LogP) is -1.61. The number of aryl methyl sites for hydroxylation is 3. The molecule has 1 heterocycles. The van der Waals surface area contributed by atoms with Crippen molar-refractivity contribution in [3.8, 4) is 0 Å². The van der Waals surface area contributed by atoms with Gasteiger partial charge in [0, 0.05) is 11.6 Å². The number of aromatic nitrogens is 1. The van der Waals surface area contributed by atoms with Crippen LogP contribution in [0.15, 0.2) is 18.5 Å². The molecule has 1 aromatic rings. The first-order valence-electron chi connectivity index (χ1n) is 4.33. The van der Waals surface area contributed by atoms with E-state index in [4.69, 9.17) is 0 Å². The van der Waals surface area contributed by atoms with E-state index < -0.39 is 0 Å². The Bertz CT molecular complexity index is 271. The zero-order chi connectivity index (χ0) is 7.68. The van der Waals surface area contributed by atoms with Gasteiger partial charge in [0.05, 0.1) is 0 Å². The van der Waals surface area contributed by atoms with E-state index in [1.54, 1.807) is 11.1 Å². The summed E-state index contributed by atoms with van der Waals surface area (Å²) in [6.07, 6.45) is 9.72. The molecule has 0 amide bonds. The van der Waals surface area contributed by atoms with Gasteiger partial charge in [-0.1, -0.05) is 0 Å². The van der Waals surface area contributed by atoms with Gasteiger partial charge in [-0.25, -0.2) is 4.57 Å². The third kappa shape index (κ3) is 1.86. The topological polar surface area (TPSA) is 3.88 Å². The maximum Gasteiger partial charge on any atom is 0.171 e. The van der Waals surface area contributed by atoms with Crippen molar-refractivity contribution in [2.24, 2.45) is 7.05 Å². The van der Waals surface area contributed by atoms with E-state index in [1.165, 1.54) is 25.7 Å². The molecule has 0 N–H and O–H groups in total. The summed E-state index contributed by atoms with van der Waals surface area (Å²) in [5.41, 5.74) is 3.12. The van der Waals surface area contributed by atoms with Crippen LogP contribution in [0.2, 0.25) is 0 Å². The van der Waals surface area contributed by atoms with Crippen LogP contribution in [0, 0.1) is 0 Å². The highest BCUT2D eigenvalue weighted by atomic mass is 79.9. The molecular weight excluding hydrogens is 214 g/mol. The summed E-state index contributed by atoms with van der Waals surface area (Å²) in [5.74, 6) is 0. The molecule has 0 unspecified atom stereocenters. The first kappa shape index (κ1) is 9.72. The van der Waals surface area contributed by atoms with Crippen LogP contribution in [0.1, 0.15) is 24.0 Å². The minimum absolute atomic E-state index is 0. The van der Waals surface area contributed by atoms with Crippen LogP contribution >= 0.6 is 0 Å². The van der Waals surface area contributed by atoms with E-state index in [1.807, 2.05) is 0 Å². The molecule has 0 fully saturated rings. The molecule has 0 aromatic carbocycles. The lowest BCUT2D eigenvalue weighted by atomic mass is 9.94. The van der Waals surface area contributed by atoms with Crippen molar-refractivity contribution >= 4 is 0 Å². The van der Waals surface area contributed by atoms with E-state index in [9.17, 15) is 0 Å². The lowest BCUT2D eigenvalue weighted by Gasteiger charge is -2.12. The monoisotopic (exact) mass is 227 g/mol. The molecule has 0 bridgehead atoms. The Morgan fingerprint density at radius 3 is 2.58 bits per heavy atom. The van der Waals surface area contributed by atoms with E-state index in [0.717, 1.165) is 0 Å². The third-order valence-corrected chi connectivity index (χ3v) is 2.43. The summed E-state index contributed by atoms with van der Waals surface area (Å²) < 4.78 is 2.14. The molecule has 0 atom stereocenters. The number of hydrogen-bond donors (Lipinski definition) is 0. The molecule has 0 radical (unpaired) electrons. The van der Waals surface area contributed by atoms with Gasteiger partial charge in [0.2, 0.25) is 0 Å². The van der Waals surface area contributed by atoms with Gasteiger partial charge in [0.15, 0.2) is 12.4 Å². The predicted molar refractivity (Wildman–Crippen MR) is 44.3 cm³/mol. The second-order valence-electron chi connectivity index (χ2n) is 3.37. The average Bonchev–Trinajstić information content (AvgIpc) is 2.04. The zero-order valence-electron chi connectivity index (χ0n) is 7.39. The maximum atomic E-state index is 2.26. The number of fused-ring (bicyclic) bond motifs is 1. The Labute approximate surface area is 84.2 Å². The molecule has 1 aliphatic carbocycles. The number of nitrogens with zero attached hydrogens (tertiary/aromatic N) is 1. The molecule has 66 valence electrons. The average molecular weight is 228 g/mol. The van der Waals surface area contributed by atoms with Crippen LogP contribution in [-0.2, 0) is 19.9 Å². The highest BCUT2D eigenvalue weighted by molar-refractivity contribution is 5.23. The molecule has 2 rings (SSSR count). The first-order valence-corrected chi connectivity index (χ1v) is 4.33. The fourth-order valence-corrected chi connectivity index (χ4v) is 1.79. The lowest BCUT2D eigenvalue weighted by Crippen LogP contribution is -3.00. The Morgan fingerprint density at radius 2 is 1.83 bits per heavy atom. The van der Waals surface area contributed by atoms with Gasteiger partial charge in [0.1, 0.15) is 7.05 Å². The van der Waals surface area contributed by atoms with Crippen LogP contribution in [-0.4, -0.2) is 0 Å². The Kier molecular flexibility index (Phi) is 3.27. The molecule has 2 heteroatoms. The van der Waals surface area contributed by atoms with Crippen molar-refractivity contribution in [2.75, 3.05) is 0 Å². The minimum atomic E-state index is 0. The van der Waals surface area contributed by atoms with Crippen LogP contribution < -0.4 is 21.5 Å². The van der Waals surface area contributed by atoms with Crippen molar-refractivity contribution in [3.63, 3.8) is 0 Å². The fraction of sp³-hybridized carbons (Fsp3) is 0.500. The molecule has 0 aliphatic heterocycles. The normalized spacial score (nSPS) is 14.8. The number of halogens is 1. The summed E-state index contributed by atoms with van der Waals surface area (Å²) in [6, 6.07) is 2.26. The van der Waals surface area contributed by atoms with Gasteiger partial charge >= 0.3 is 0 Å². The van der Waals surface area contributed by atoms with Crippen molar-refractivity contribution < 1.29 is 21.5 Å². The summed E-state index contributed by atoms with van der Waals surface area (Å²) in [7, 11) is 2.09. The van der Waals surface area contributed by atoms with Gasteiger partial charge in [-0.05, 0) is 31.2 Å². The molecular formula is C10H14BrN. The van der Waals surface area contributed by atoms with Crippen LogP contribution in [0.5, 0.6) is 0 Å². The second kappa shape index (κ2) is 4.04. The van der Waals surface area contributed by atoms with E-state index in [2.05, 4.69) is 30.1 Å². The van der Waals surface area contributed by atoms with E-state index >= 15 is 0 Å². The van der Waals surface area contributed by atoms with Crippen LogP contribution in [0.3, 0.4) is 0 Å². The summed E-state index contributed by atoms with van der Waals surface area (Å²) in [5, 5.41) is 0. The van der Waals surface area contributed by atoms with Crippen molar-refractivity contribution in [1.29, 1.82) is 0 Å². The van der Waals surface area contributed by atoms with Crippen molar-refractivity contribution in [3.05, 3.63) is 29.6 Å². The Hall–Kier alpha value is -0.370. The lowest BCUT2D eigenvalue weighted by molar-refractivity contribution is -0.672. The number of rotatable bonds is 0. The molecule has 0 saturated carbocycles. The second-order valence-corrected chi connectivity index (χ2v) is 3.37. The molecule has 1 nitrogen and oxygen atoms in total. The van der Waals surface area contributed by atoms with Gasteiger partial charge in [-0.2, -0.15) is 0 Å². The van der Waals surface area contributed by atoms with Crippen LogP contribution in [0.4, 0.5) is 0 Å². The first-order chi connectivity index (χ1) is 5.36. The molecule has 1 aromatic heterocycles. The highest BCUT2D eigenvalue weighted by Crippen LogP contribution is 2.18. The standard InChI is InChI=1S/C10H14N.BrH/c1-11-7-6-9-4-2-3-5-10(9)8-11;/h6-8H,2-5H2,1H3;1H/q+1;/p-1. The zero-order valence-corrected chi connectivity index (χ0v) is 8.97. The number of pyridine rings is 1. The van der Waals surface area contributed by atoms with Gasteiger partial charge in [-0.15, -0.1) is 0 Å². The Morgan fingerprint density at radius 1 is 1.17 bits per heavy atom. The van der Waals surface area contributed by atoms with Gasteiger partial charge in [-0.3, -0.25) is 0 Å². The summed E-state index contributed by atoms with van der Waals surface area (Å²) in [4.78, 5) is 0. The van der Waals surface area contributed by atoms with Crippen molar-refractivity contribution in [2.45, 2.75) is 25.7 Å².